The predicted octanol–water partition coefficient (Wildman–Crippen LogP) is 3.47. The number of hydrogen-bond donors (Lipinski definition) is 2. The maximum Gasteiger partial charge on any atom is 0.136 e. The predicted molar refractivity (Wildman–Crippen MR) is 91.3 cm³/mol. The molecule has 2 N–H and O–H groups in total. The normalized spacial score (nSPS) is 28.4. The Balaban J connectivity index is 2.34. The molecule has 1 unspecified atom stereocenters. The van der Waals surface area contributed by atoms with E-state index in [0.717, 1.165) is 0 Å². The van der Waals surface area contributed by atoms with Gasteiger partial charge in [-0.05, 0) is 58.6 Å². The minimum absolute atomic E-state index is 0.278. The van der Waals surface area contributed by atoms with Gasteiger partial charge in [-0.3, -0.25) is 4.98 Å². The molecule has 7 heteroatoms. The third-order valence-corrected chi connectivity index (χ3v) is 6.04. The molecule has 0 spiro atoms. The SMILES string of the molecule is CC(C)(C)[S+]([O-])N[C@@H](c1ncccc1Cl)[C@]1(O)CC[C@H](F)CC1. The molecule has 1 aromatic heterocycles. The third-order valence-electron chi connectivity index (χ3n) is 4.16. The van der Waals surface area contributed by atoms with E-state index in [1.165, 1.54) is 0 Å². The first-order valence-corrected chi connectivity index (χ1v) is 9.31. The second-order valence-electron chi connectivity index (χ2n) is 7.08. The van der Waals surface area contributed by atoms with E-state index in [9.17, 15) is 14.0 Å². The fourth-order valence-electron chi connectivity index (χ4n) is 2.69. The maximum atomic E-state index is 13.5. The monoisotopic (exact) mass is 362 g/mol. The molecule has 0 aromatic carbocycles. The average molecular weight is 363 g/mol. The standard InChI is InChI=1S/C16H24ClFN2O2S/c1-15(2,3)23(22)20-14(13-12(17)5-4-10-19-13)16(21)8-6-11(18)7-9-16/h4-5,10-11,14,20-21H,6-9H2,1-3H3/t11-,14-,16-,23?/m0/s1. The molecule has 1 aliphatic rings. The summed E-state index contributed by atoms with van der Waals surface area (Å²) in [7, 11) is 0. The van der Waals surface area contributed by atoms with Crippen molar-refractivity contribution in [3.8, 4) is 0 Å². The number of pyridine rings is 1. The van der Waals surface area contributed by atoms with Crippen LogP contribution < -0.4 is 4.72 Å². The Morgan fingerprint density at radius 3 is 2.61 bits per heavy atom. The molecule has 130 valence electrons. The van der Waals surface area contributed by atoms with Crippen molar-refractivity contribution in [3.63, 3.8) is 0 Å². The topological polar surface area (TPSA) is 68.2 Å². The highest BCUT2D eigenvalue weighted by Gasteiger charge is 2.46. The van der Waals surface area contributed by atoms with E-state index >= 15 is 0 Å². The number of halogens is 2. The Morgan fingerprint density at radius 1 is 1.48 bits per heavy atom. The van der Waals surface area contributed by atoms with Crippen molar-refractivity contribution in [1.29, 1.82) is 0 Å². The zero-order valence-electron chi connectivity index (χ0n) is 13.7. The van der Waals surface area contributed by atoms with Crippen molar-refractivity contribution in [2.24, 2.45) is 0 Å². The van der Waals surface area contributed by atoms with Gasteiger partial charge in [0, 0.05) is 17.6 Å². The Morgan fingerprint density at radius 2 is 2.09 bits per heavy atom. The molecule has 0 bridgehead atoms. The van der Waals surface area contributed by atoms with Crippen LogP contribution in [0.2, 0.25) is 5.02 Å². The summed E-state index contributed by atoms with van der Waals surface area (Å²) in [5, 5.41) is 11.5. The van der Waals surface area contributed by atoms with Crippen molar-refractivity contribution in [2.75, 3.05) is 0 Å². The molecule has 1 saturated carbocycles. The third kappa shape index (κ3) is 4.57. The number of aromatic nitrogens is 1. The Labute approximate surface area is 145 Å². The summed E-state index contributed by atoms with van der Waals surface area (Å²) in [5.74, 6) is 0. The summed E-state index contributed by atoms with van der Waals surface area (Å²) >= 11 is 4.83. The summed E-state index contributed by atoms with van der Waals surface area (Å²) in [6.07, 6.45) is 1.80. The molecule has 0 radical (unpaired) electrons. The maximum absolute atomic E-state index is 13.5. The van der Waals surface area contributed by atoms with E-state index in [-0.39, 0.29) is 25.7 Å². The van der Waals surface area contributed by atoms with Crippen LogP contribution in [0.5, 0.6) is 0 Å². The van der Waals surface area contributed by atoms with Crippen molar-refractivity contribution in [1.82, 2.24) is 9.71 Å². The number of nitrogens with one attached hydrogen (secondary N) is 1. The van der Waals surface area contributed by atoms with Gasteiger partial charge in [0.2, 0.25) is 0 Å². The minimum Gasteiger partial charge on any atom is -0.598 e. The van der Waals surface area contributed by atoms with Gasteiger partial charge in [0.25, 0.3) is 0 Å². The first-order valence-electron chi connectivity index (χ1n) is 7.78. The van der Waals surface area contributed by atoms with Gasteiger partial charge in [0.1, 0.15) is 17.0 Å². The molecule has 1 aromatic rings. The highest BCUT2D eigenvalue weighted by atomic mass is 35.5. The van der Waals surface area contributed by atoms with Crippen LogP contribution in [0.25, 0.3) is 0 Å². The van der Waals surface area contributed by atoms with Crippen LogP contribution in [0.3, 0.4) is 0 Å². The molecule has 2 rings (SSSR count). The summed E-state index contributed by atoms with van der Waals surface area (Å²) < 4.78 is 28.5. The van der Waals surface area contributed by atoms with Gasteiger partial charge in [-0.2, -0.15) is 0 Å². The van der Waals surface area contributed by atoms with Gasteiger partial charge in [-0.1, -0.05) is 11.6 Å². The molecule has 1 aliphatic carbocycles. The largest absolute Gasteiger partial charge is 0.598 e. The first-order chi connectivity index (χ1) is 10.6. The van der Waals surface area contributed by atoms with Crippen LogP contribution in [0, 0.1) is 0 Å². The molecule has 1 heterocycles. The van der Waals surface area contributed by atoms with E-state index in [1.807, 2.05) is 20.8 Å². The summed E-state index contributed by atoms with van der Waals surface area (Å²) in [6.45, 7) is 5.53. The van der Waals surface area contributed by atoms with Gasteiger partial charge in [0.05, 0.1) is 16.3 Å². The van der Waals surface area contributed by atoms with Gasteiger partial charge in [-0.25, -0.2) is 4.39 Å². The fourth-order valence-corrected chi connectivity index (χ4v) is 3.81. The highest BCUT2D eigenvalue weighted by Crippen LogP contribution is 2.41. The molecule has 0 saturated heterocycles. The van der Waals surface area contributed by atoms with Gasteiger partial charge >= 0.3 is 0 Å². The van der Waals surface area contributed by atoms with E-state index < -0.39 is 33.9 Å². The number of hydrogen-bond acceptors (Lipinski definition) is 4. The Hall–Kier alpha value is -0.400. The quantitative estimate of drug-likeness (QED) is 0.805. The lowest BCUT2D eigenvalue weighted by Gasteiger charge is -2.41. The molecule has 0 aliphatic heterocycles. The zero-order chi connectivity index (χ0) is 17.3. The van der Waals surface area contributed by atoms with E-state index in [0.29, 0.717) is 10.7 Å². The van der Waals surface area contributed by atoms with Crippen LogP contribution in [-0.4, -0.2) is 31.2 Å². The van der Waals surface area contributed by atoms with E-state index in [2.05, 4.69) is 9.71 Å². The molecule has 2 atom stereocenters. The van der Waals surface area contributed by atoms with Gasteiger partial charge < -0.3 is 9.66 Å². The van der Waals surface area contributed by atoms with Gasteiger partial charge in [-0.15, -0.1) is 4.72 Å². The molecule has 1 fully saturated rings. The zero-order valence-corrected chi connectivity index (χ0v) is 15.3. The van der Waals surface area contributed by atoms with E-state index in [1.54, 1.807) is 18.3 Å². The van der Waals surface area contributed by atoms with Crippen LogP contribution in [0.1, 0.15) is 58.2 Å². The summed E-state index contributed by atoms with van der Waals surface area (Å²) in [4.78, 5) is 4.27. The first kappa shape index (κ1) is 18.9. The summed E-state index contributed by atoms with van der Waals surface area (Å²) in [6, 6.07) is 2.68. The lowest BCUT2D eigenvalue weighted by Crippen LogP contribution is -2.52. The van der Waals surface area contributed by atoms with Gasteiger partial charge in [0.15, 0.2) is 0 Å². The Bertz CT molecular complexity index is 533. The molecular weight excluding hydrogens is 339 g/mol. The van der Waals surface area contributed by atoms with Crippen molar-refractivity contribution in [2.45, 2.75) is 69.0 Å². The average Bonchev–Trinajstić information content (AvgIpc) is 2.48. The fraction of sp³-hybridized carbons (Fsp3) is 0.688. The smallest absolute Gasteiger partial charge is 0.136 e. The Kier molecular flexibility index (Phi) is 5.95. The molecule has 4 nitrogen and oxygen atoms in total. The van der Waals surface area contributed by atoms with Crippen molar-refractivity contribution in [3.05, 3.63) is 29.0 Å². The highest BCUT2D eigenvalue weighted by molar-refractivity contribution is 7.90. The molecule has 0 amide bonds. The van der Waals surface area contributed by atoms with Crippen molar-refractivity contribution < 1.29 is 14.0 Å². The lowest BCUT2D eigenvalue weighted by molar-refractivity contribution is -0.0418. The van der Waals surface area contributed by atoms with Crippen LogP contribution in [-0.2, 0) is 11.4 Å². The van der Waals surface area contributed by atoms with Crippen LogP contribution >= 0.6 is 11.6 Å². The minimum atomic E-state index is -1.41. The van der Waals surface area contributed by atoms with Crippen molar-refractivity contribution >= 4 is 23.0 Å². The summed E-state index contributed by atoms with van der Waals surface area (Å²) in [5.41, 5.74) is -0.770. The lowest BCUT2D eigenvalue weighted by atomic mass is 9.78. The molecular formula is C16H24ClFN2O2S. The second-order valence-corrected chi connectivity index (χ2v) is 9.49. The number of nitrogens with zero attached hydrogens (tertiary/aromatic N) is 1. The van der Waals surface area contributed by atoms with E-state index in [4.69, 9.17) is 11.6 Å². The number of rotatable bonds is 4. The van der Waals surface area contributed by atoms with Crippen LogP contribution in [0.4, 0.5) is 4.39 Å². The molecule has 23 heavy (non-hydrogen) atoms. The number of aliphatic hydroxyl groups is 1. The second kappa shape index (κ2) is 7.23. The van der Waals surface area contributed by atoms with Crippen LogP contribution in [0.15, 0.2) is 18.3 Å². The number of alkyl halides is 1.